The van der Waals surface area contributed by atoms with Crippen molar-refractivity contribution in [2.75, 3.05) is 16.8 Å². The van der Waals surface area contributed by atoms with Gasteiger partial charge < -0.3 is 15.7 Å². The molecule has 1 heterocycles. The number of halogens is 1. The van der Waals surface area contributed by atoms with Gasteiger partial charge in [-0.15, -0.1) is 0 Å². The summed E-state index contributed by atoms with van der Waals surface area (Å²) in [5.41, 5.74) is 0.586. The van der Waals surface area contributed by atoms with Crippen LogP contribution in [0.15, 0.2) is 22.7 Å². The second-order valence-electron chi connectivity index (χ2n) is 4.51. The Morgan fingerprint density at radius 3 is 2.85 bits per heavy atom. The zero-order valence-corrected chi connectivity index (χ0v) is 13.1. The molecule has 1 aromatic rings. The average Bonchev–Trinajstić information content (AvgIpc) is 2.42. The summed E-state index contributed by atoms with van der Waals surface area (Å²) in [5, 5.41) is 14.5. The molecule has 20 heavy (non-hydrogen) atoms. The molecule has 1 fully saturated rings. The number of carboxylic acids is 1. The molecule has 0 radical (unpaired) electrons. The van der Waals surface area contributed by atoms with Gasteiger partial charge in [0.2, 0.25) is 0 Å². The van der Waals surface area contributed by atoms with Gasteiger partial charge in [0.15, 0.2) is 0 Å². The maximum atomic E-state index is 11.9. The van der Waals surface area contributed by atoms with E-state index in [1.165, 1.54) is 12.1 Å². The van der Waals surface area contributed by atoms with Crippen LogP contribution in [0.1, 0.15) is 23.2 Å². The first-order chi connectivity index (χ1) is 9.56. The smallest absolute Gasteiger partial charge is 0.335 e. The Kier molecular flexibility index (Phi) is 5.31. The van der Waals surface area contributed by atoms with Crippen molar-refractivity contribution in [3.8, 4) is 0 Å². The molecule has 1 aliphatic rings. The maximum Gasteiger partial charge on any atom is 0.335 e. The number of carbonyl (C=O) groups is 2. The van der Waals surface area contributed by atoms with Crippen LogP contribution in [0.5, 0.6) is 0 Å². The summed E-state index contributed by atoms with van der Waals surface area (Å²) < 4.78 is 0.649. The van der Waals surface area contributed by atoms with Gasteiger partial charge in [-0.25, -0.2) is 9.59 Å². The van der Waals surface area contributed by atoms with E-state index in [1.807, 2.05) is 11.8 Å². The second-order valence-corrected chi connectivity index (χ2v) is 6.52. The lowest BCUT2D eigenvalue weighted by molar-refractivity contribution is 0.0697. The van der Waals surface area contributed by atoms with Gasteiger partial charge in [0.1, 0.15) is 0 Å². The lowest BCUT2D eigenvalue weighted by Crippen LogP contribution is -2.40. The normalized spacial score (nSPS) is 18.4. The molecule has 1 aliphatic heterocycles. The van der Waals surface area contributed by atoms with Gasteiger partial charge in [0.25, 0.3) is 0 Å². The maximum absolute atomic E-state index is 11.9. The van der Waals surface area contributed by atoms with Crippen LogP contribution in [-0.4, -0.2) is 34.7 Å². The fraction of sp³-hybridized carbons (Fsp3) is 0.385. The predicted molar refractivity (Wildman–Crippen MR) is 83.6 cm³/mol. The largest absolute Gasteiger partial charge is 0.478 e. The van der Waals surface area contributed by atoms with E-state index in [4.69, 9.17) is 5.11 Å². The highest BCUT2D eigenvalue weighted by atomic mass is 79.9. The number of nitrogens with one attached hydrogen (secondary N) is 2. The summed E-state index contributed by atoms with van der Waals surface area (Å²) in [7, 11) is 0. The SMILES string of the molecule is O=C(Nc1cc(C(=O)O)ccc1Br)NC1CCCSC1. The van der Waals surface area contributed by atoms with Gasteiger partial charge >= 0.3 is 12.0 Å². The second kappa shape index (κ2) is 6.99. The Morgan fingerprint density at radius 2 is 2.20 bits per heavy atom. The summed E-state index contributed by atoms with van der Waals surface area (Å²) in [4.78, 5) is 22.8. The molecule has 2 amide bonds. The third-order valence-corrected chi connectivity index (χ3v) is 4.86. The van der Waals surface area contributed by atoms with Crippen LogP contribution < -0.4 is 10.6 Å². The molecule has 5 nitrogen and oxygen atoms in total. The number of hydrogen-bond acceptors (Lipinski definition) is 3. The number of anilines is 1. The molecule has 1 unspecified atom stereocenters. The van der Waals surface area contributed by atoms with E-state index >= 15 is 0 Å². The number of carbonyl (C=O) groups excluding carboxylic acids is 1. The van der Waals surface area contributed by atoms with Crippen molar-refractivity contribution in [3.05, 3.63) is 28.2 Å². The fourth-order valence-corrected chi connectivity index (χ4v) is 3.37. The summed E-state index contributed by atoms with van der Waals surface area (Å²) >= 11 is 5.13. The van der Waals surface area contributed by atoms with Crippen molar-refractivity contribution in [1.82, 2.24) is 5.32 Å². The topological polar surface area (TPSA) is 78.4 Å². The lowest BCUT2D eigenvalue weighted by Gasteiger charge is -2.22. The number of carboxylic acid groups (broad SMARTS) is 1. The highest BCUT2D eigenvalue weighted by Crippen LogP contribution is 2.24. The number of aromatic carboxylic acids is 1. The van der Waals surface area contributed by atoms with Gasteiger partial charge in [-0.2, -0.15) is 11.8 Å². The molecule has 1 aromatic carbocycles. The molecule has 0 aromatic heterocycles. The highest BCUT2D eigenvalue weighted by molar-refractivity contribution is 9.10. The lowest BCUT2D eigenvalue weighted by atomic mass is 10.2. The summed E-state index contributed by atoms with van der Waals surface area (Å²) in [6, 6.07) is 4.39. The van der Waals surface area contributed by atoms with Crippen LogP contribution >= 0.6 is 27.7 Å². The predicted octanol–water partition coefficient (Wildman–Crippen LogP) is 3.16. The number of benzene rings is 1. The van der Waals surface area contributed by atoms with Gasteiger partial charge in [-0.3, -0.25) is 0 Å². The first-order valence-electron chi connectivity index (χ1n) is 6.24. The fourth-order valence-electron chi connectivity index (χ4n) is 1.95. The van der Waals surface area contributed by atoms with Crippen LogP contribution in [0.25, 0.3) is 0 Å². The third-order valence-electron chi connectivity index (χ3n) is 2.96. The summed E-state index contributed by atoms with van der Waals surface area (Å²) in [6.07, 6.45) is 2.09. The molecule has 0 bridgehead atoms. The van der Waals surface area contributed by atoms with Crippen LogP contribution in [0.4, 0.5) is 10.5 Å². The van der Waals surface area contributed by atoms with Crippen molar-refractivity contribution in [1.29, 1.82) is 0 Å². The van der Waals surface area contributed by atoms with Crippen molar-refractivity contribution < 1.29 is 14.7 Å². The number of rotatable bonds is 3. The minimum absolute atomic E-state index is 0.136. The van der Waals surface area contributed by atoms with Crippen LogP contribution in [0.2, 0.25) is 0 Å². The molecular formula is C13H15BrN2O3S. The van der Waals surface area contributed by atoms with Crippen molar-refractivity contribution >= 4 is 45.4 Å². The Hall–Kier alpha value is -1.21. The first kappa shape index (κ1) is 15.2. The minimum Gasteiger partial charge on any atom is -0.478 e. The van der Waals surface area contributed by atoms with Crippen molar-refractivity contribution in [2.24, 2.45) is 0 Å². The molecule has 0 spiro atoms. The van der Waals surface area contributed by atoms with E-state index in [9.17, 15) is 9.59 Å². The molecule has 0 saturated carbocycles. The molecule has 2 rings (SSSR count). The average molecular weight is 359 g/mol. The number of amides is 2. The molecular weight excluding hydrogens is 344 g/mol. The Labute approximate surface area is 129 Å². The van der Waals surface area contributed by atoms with Gasteiger partial charge in [0, 0.05) is 16.3 Å². The minimum atomic E-state index is -1.02. The molecule has 108 valence electrons. The molecule has 1 atom stereocenters. The standard InChI is InChI=1S/C13H15BrN2O3S/c14-10-4-3-8(12(17)18)6-11(10)16-13(19)15-9-2-1-5-20-7-9/h3-4,6,9H,1-2,5,7H2,(H,17,18)(H2,15,16,19). The molecule has 3 N–H and O–H groups in total. The number of thioether (sulfide) groups is 1. The van der Waals surface area contributed by atoms with E-state index < -0.39 is 5.97 Å². The van der Waals surface area contributed by atoms with Crippen LogP contribution in [0.3, 0.4) is 0 Å². The van der Waals surface area contributed by atoms with Crippen LogP contribution in [0, 0.1) is 0 Å². The monoisotopic (exact) mass is 358 g/mol. The van der Waals surface area contributed by atoms with Crippen molar-refractivity contribution in [2.45, 2.75) is 18.9 Å². The van der Waals surface area contributed by atoms with E-state index in [2.05, 4.69) is 26.6 Å². The Morgan fingerprint density at radius 1 is 1.40 bits per heavy atom. The Bertz CT molecular complexity index is 518. The van der Waals surface area contributed by atoms with E-state index in [-0.39, 0.29) is 17.6 Å². The molecule has 0 aliphatic carbocycles. The first-order valence-corrected chi connectivity index (χ1v) is 8.19. The Balaban J connectivity index is 1.99. The van der Waals surface area contributed by atoms with Crippen molar-refractivity contribution in [3.63, 3.8) is 0 Å². The van der Waals surface area contributed by atoms with Crippen LogP contribution in [-0.2, 0) is 0 Å². The third kappa shape index (κ3) is 4.14. The summed E-state index contributed by atoms with van der Waals surface area (Å²) in [5.74, 6) is 1.04. The summed E-state index contributed by atoms with van der Waals surface area (Å²) in [6.45, 7) is 0. The highest BCUT2D eigenvalue weighted by Gasteiger charge is 2.17. The van der Waals surface area contributed by atoms with Gasteiger partial charge in [-0.1, -0.05) is 0 Å². The van der Waals surface area contributed by atoms with E-state index in [0.717, 1.165) is 24.3 Å². The zero-order valence-electron chi connectivity index (χ0n) is 10.7. The molecule has 7 heteroatoms. The molecule has 1 saturated heterocycles. The quantitative estimate of drug-likeness (QED) is 0.775. The van der Waals surface area contributed by atoms with Gasteiger partial charge in [-0.05, 0) is 52.7 Å². The van der Waals surface area contributed by atoms with E-state index in [1.54, 1.807) is 6.07 Å². The zero-order chi connectivity index (χ0) is 14.5. The number of urea groups is 1. The van der Waals surface area contributed by atoms with E-state index in [0.29, 0.717) is 10.2 Å². The number of hydrogen-bond donors (Lipinski definition) is 3. The van der Waals surface area contributed by atoms with Gasteiger partial charge in [0.05, 0.1) is 11.3 Å².